The molecule has 0 N–H and O–H groups in total. The van der Waals surface area contributed by atoms with E-state index in [2.05, 4.69) is 6.92 Å². The largest absolute Gasteiger partial charge is 0.466 e. The highest BCUT2D eigenvalue weighted by Crippen LogP contribution is 2.40. The zero-order valence-corrected chi connectivity index (χ0v) is 6.59. The second-order valence-electron chi connectivity index (χ2n) is 2.98. The first-order valence-corrected chi connectivity index (χ1v) is 3.89. The minimum atomic E-state index is -0.0307. The molecule has 2 nitrogen and oxygen atoms in total. The Kier molecular flexibility index (Phi) is 2.30. The van der Waals surface area contributed by atoms with Crippen molar-refractivity contribution in [2.24, 2.45) is 11.8 Å². The van der Waals surface area contributed by atoms with E-state index in [-0.39, 0.29) is 5.97 Å². The molecule has 10 heavy (non-hydrogen) atoms. The topological polar surface area (TPSA) is 26.3 Å². The molecule has 0 aromatic heterocycles. The van der Waals surface area contributed by atoms with Crippen molar-refractivity contribution in [1.82, 2.24) is 0 Å². The summed E-state index contributed by atoms with van der Waals surface area (Å²) in [7, 11) is 0. The molecule has 58 valence electrons. The highest BCUT2D eigenvalue weighted by atomic mass is 16.5. The van der Waals surface area contributed by atoms with Crippen LogP contribution in [-0.4, -0.2) is 12.6 Å². The quantitative estimate of drug-likeness (QED) is 0.559. The van der Waals surface area contributed by atoms with Gasteiger partial charge < -0.3 is 4.74 Å². The van der Waals surface area contributed by atoms with Crippen LogP contribution in [0, 0.1) is 11.8 Å². The molecular weight excluding hydrogens is 128 g/mol. The van der Waals surface area contributed by atoms with Crippen LogP contribution in [0.5, 0.6) is 0 Å². The number of carbonyl (C=O) groups is 1. The van der Waals surface area contributed by atoms with Gasteiger partial charge in [-0.25, -0.2) is 0 Å². The van der Waals surface area contributed by atoms with Gasteiger partial charge in [0.2, 0.25) is 0 Å². The highest BCUT2D eigenvalue weighted by Gasteiger charge is 2.34. The molecule has 0 heterocycles. The summed E-state index contributed by atoms with van der Waals surface area (Å²) in [5.41, 5.74) is 0. The molecule has 0 bridgehead atoms. The van der Waals surface area contributed by atoms with Crippen LogP contribution in [-0.2, 0) is 9.53 Å². The molecule has 2 heteroatoms. The van der Waals surface area contributed by atoms with Gasteiger partial charge in [0.1, 0.15) is 0 Å². The van der Waals surface area contributed by atoms with Gasteiger partial charge in [0.05, 0.1) is 6.61 Å². The van der Waals surface area contributed by atoms with E-state index in [9.17, 15) is 4.79 Å². The van der Waals surface area contributed by atoms with Gasteiger partial charge >= 0.3 is 5.97 Å². The molecule has 1 fully saturated rings. The van der Waals surface area contributed by atoms with Gasteiger partial charge in [-0.2, -0.15) is 0 Å². The summed E-state index contributed by atoms with van der Waals surface area (Å²) in [6.07, 6.45) is 1.84. The van der Waals surface area contributed by atoms with E-state index >= 15 is 0 Å². The Balaban J connectivity index is 2.07. The molecular formula is C8H14O2. The van der Waals surface area contributed by atoms with Crippen molar-refractivity contribution >= 4 is 5.97 Å². The predicted octanol–water partition coefficient (Wildman–Crippen LogP) is 1.60. The number of rotatable bonds is 3. The van der Waals surface area contributed by atoms with Crippen molar-refractivity contribution < 1.29 is 9.53 Å². The predicted molar refractivity (Wildman–Crippen MR) is 38.5 cm³/mol. The Bertz CT molecular complexity index is 131. The van der Waals surface area contributed by atoms with Gasteiger partial charge in [-0.3, -0.25) is 4.79 Å². The summed E-state index contributed by atoms with van der Waals surface area (Å²) in [5.74, 6) is 1.35. The van der Waals surface area contributed by atoms with Gasteiger partial charge in [0.25, 0.3) is 0 Å². The zero-order chi connectivity index (χ0) is 7.56. The first kappa shape index (κ1) is 7.58. The number of esters is 1. The van der Waals surface area contributed by atoms with Crippen molar-refractivity contribution in [3.8, 4) is 0 Å². The third-order valence-corrected chi connectivity index (χ3v) is 2.01. The van der Waals surface area contributed by atoms with Gasteiger partial charge in [-0.05, 0) is 25.2 Å². The second-order valence-corrected chi connectivity index (χ2v) is 2.98. The van der Waals surface area contributed by atoms with Crippen LogP contribution < -0.4 is 0 Å². The van der Waals surface area contributed by atoms with Gasteiger partial charge in [0, 0.05) is 6.42 Å². The zero-order valence-electron chi connectivity index (χ0n) is 6.59. The SMILES string of the molecule is CCOC(=O)CC1CC1C. The first-order chi connectivity index (χ1) is 4.74. The number of hydrogen-bond acceptors (Lipinski definition) is 2. The Hall–Kier alpha value is -0.530. The number of hydrogen-bond donors (Lipinski definition) is 0. The van der Waals surface area contributed by atoms with Crippen LogP contribution in [0.3, 0.4) is 0 Å². The van der Waals surface area contributed by atoms with Crippen molar-refractivity contribution in [2.45, 2.75) is 26.7 Å². The maximum Gasteiger partial charge on any atom is 0.306 e. The minimum absolute atomic E-state index is 0.0307. The average molecular weight is 142 g/mol. The molecule has 0 aromatic carbocycles. The maximum atomic E-state index is 10.8. The molecule has 1 aliphatic carbocycles. The third-order valence-electron chi connectivity index (χ3n) is 2.01. The fraction of sp³-hybridized carbons (Fsp3) is 0.875. The van der Waals surface area contributed by atoms with Crippen LogP contribution in [0.4, 0.5) is 0 Å². The van der Waals surface area contributed by atoms with Gasteiger partial charge in [0.15, 0.2) is 0 Å². The van der Waals surface area contributed by atoms with Gasteiger partial charge in [-0.15, -0.1) is 0 Å². The van der Waals surface area contributed by atoms with Crippen molar-refractivity contribution in [1.29, 1.82) is 0 Å². The molecule has 0 spiro atoms. The Morgan fingerprint density at radius 1 is 1.70 bits per heavy atom. The van der Waals surface area contributed by atoms with Crippen molar-refractivity contribution in [3.63, 3.8) is 0 Å². The maximum absolute atomic E-state index is 10.8. The highest BCUT2D eigenvalue weighted by molar-refractivity contribution is 5.70. The van der Waals surface area contributed by atoms with E-state index in [1.165, 1.54) is 6.42 Å². The second kappa shape index (κ2) is 3.04. The van der Waals surface area contributed by atoms with E-state index in [4.69, 9.17) is 4.74 Å². The molecule has 0 saturated heterocycles. The molecule has 2 atom stereocenters. The lowest BCUT2D eigenvalue weighted by Crippen LogP contribution is -2.04. The number of carbonyl (C=O) groups excluding carboxylic acids is 1. The van der Waals surface area contributed by atoms with E-state index in [0.717, 1.165) is 5.92 Å². The Morgan fingerprint density at radius 2 is 2.30 bits per heavy atom. The summed E-state index contributed by atoms with van der Waals surface area (Å²) in [6.45, 7) is 4.53. The lowest BCUT2D eigenvalue weighted by Gasteiger charge is -1.98. The first-order valence-electron chi connectivity index (χ1n) is 3.89. The van der Waals surface area contributed by atoms with Crippen LogP contribution in [0.2, 0.25) is 0 Å². The Labute approximate surface area is 61.6 Å². The van der Waals surface area contributed by atoms with E-state index in [1.807, 2.05) is 6.92 Å². The molecule has 0 aliphatic heterocycles. The van der Waals surface area contributed by atoms with E-state index in [0.29, 0.717) is 18.9 Å². The monoisotopic (exact) mass is 142 g/mol. The molecule has 0 amide bonds. The van der Waals surface area contributed by atoms with Crippen LogP contribution in [0.1, 0.15) is 26.7 Å². The van der Waals surface area contributed by atoms with Crippen LogP contribution in [0.25, 0.3) is 0 Å². The molecule has 0 radical (unpaired) electrons. The van der Waals surface area contributed by atoms with Crippen LogP contribution in [0.15, 0.2) is 0 Å². The minimum Gasteiger partial charge on any atom is -0.466 e. The third kappa shape index (κ3) is 2.01. The van der Waals surface area contributed by atoms with Crippen molar-refractivity contribution in [2.75, 3.05) is 6.61 Å². The molecule has 1 saturated carbocycles. The van der Waals surface area contributed by atoms with E-state index < -0.39 is 0 Å². The Morgan fingerprint density at radius 3 is 2.70 bits per heavy atom. The fourth-order valence-electron chi connectivity index (χ4n) is 1.12. The summed E-state index contributed by atoms with van der Waals surface area (Å²) in [6, 6.07) is 0. The standard InChI is InChI=1S/C8H14O2/c1-3-10-8(9)5-7-4-6(7)2/h6-7H,3-5H2,1-2H3. The lowest BCUT2D eigenvalue weighted by atomic mass is 10.2. The average Bonchev–Trinajstić information content (AvgIpc) is 2.47. The summed E-state index contributed by atoms with van der Waals surface area (Å²) >= 11 is 0. The summed E-state index contributed by atoms with van der Waals surface area (Å²) in [4.78, 5) is 10.8. The fourth-order valence-corrected chi connectivity index (χ4v) is 1.12. The molecule has 0 aromatic rings. The summed E-state index contributed by atoms with van der Waals surface area (Å²) in [5, 5.41) is 0. The lowest BCUT2D eigenvalue weighted by molar-refractivity contribution is -0.143. The van der Waals surface area contributed by atoms with E-state index in [1.54, 1.807) is 0 Å². The summed E-state index contributed by atoms with van der Waals surface area (Å²) < 4.78 is 4.80. The molecule has 1 rings (SSSR count). The molecule has 1 aliphatic rings. The molecule has 2 unspecified atom stereocenters. The van der Waals surface area contributed by atoms with Crippen molar-refractivity contribution in [3.05, 3.63) is 0 Å². The van der Waals surface area contributed by atoms with Crippen LogP contribution >= 0.6 is 0 Å². The van der Waals surface area contributed by atoms with Gasteiger partial charge in [-0.1, -0.05) is 6.92 Å². The smallest absolute Gasteiger partial charge is 0.306 e. The normalized spacial score (nSPS) is 29.8. The number of ether oxygens (including phenoxy) is 1.